The maximum atomic E-state index is 11.8. The molecule has 1 saturated heterocycles. The summed E-state index contributed by atoms with van der Waals surface area (Å²) in [5.41, 5.74) is 2.09. The van der Waals surface area contributed by atoms with Crippen molar-refractivity contribution < 1.29 is 9.90 Å². The number of nitrogens with zero attached hydrogens (tertiary/aromatic N) is 5. The molecular weight excluding hydrogens is 380 g/mol. The highest BCUT2D eigenvalue weighted by Gasteiger charge is 2.25. The first-order valence-corrected chi connectivity index (χ1v) is 10.8. The molecule has 2 fully saturated rings. The molecule has 8 nitrogen and oxygen atoms in total. The van der Waals surface area contributed by atoms with Gasteiger partial charge in [0, 0.05) is 30.7 Å². The predicted molar refractivity (Wildman–Crippen MR) is 116 cm³/mol. The third-order valence-electron chi connectivity index (χ3n) is 6.19. The van der Waals surface area contributed by atoms with Crippen molar-refractivity contribution in [2.24, 2.45) is 0 Å². The fourth-order valence-corrected chi connectivity index (χ4v) is 4.68. The maximum absolute atomic E-state index is 11.8. The molecule has 3 aromatic heterocycles. The zero-order valence-electron chi connectivity index (χ0n) is 16.9. The molecule has 1 saturated carbocycles. The van der Waals surface area contributed by atoms with Gasteiger partial charge in [-0.3, -0.25) is 0 Å². The van der Waals surface area contributed by atoms with Crippen LogP contribution in [0.25, 0.3) is 11.0 Å². The fourth-order valence-electron chi connectivity index (χ4n) is 4.68. The third-order valence-corrected chi connectivity index (χ3v) is 6.19. The second-order valence-electron chi connectivity index (χ2n) is 8.19. The van der Waals surface area contributed by atoms with E-state index in [1.165, 1.54) is 19.3 Å². The highest BCUT2D eigenvalue weighted by atomic mass is 16.4. The van der Waals surface area contributed by atoms with E-state index in [0.717, 1.165) is 49.8 Å². The van der Waals surface area contributed by atoms with E-state index < -0.39 is 5.97 Å². The molecule has 30 heavy (non-hydrogen) atoms. The topological polar surface area (TPSA) is 96.2 Å². The van der Waals surface area contributed by atoms with Gasteiger partial charge in [-0.15, -0.1) is 0 Å². The number of pyridine rings is 1. The summed E-state index contributed by atoms with van der Waals surface area (Å²) in [6.45, 7) is 2.16. The van der Waals surface area contributed by atoms with Crippen molar-refractivity contribution in [3.8, 4) is 0 Å². The molecular formula is C22H26N6O2. The van der Waals surface area contributed by atoms with Crippen LogP contribution in [-0.2, 0) is 0 Å². The lowest BCUT2D eigenvalue weighted by atomic mass is 10.1. The zero-order chi connectivity index (χ0) is 20.5. The Bertz CT molecular complexity index is 1050. The van der Waals surface area contributed by atoms with Crippen molar-refractivity contribution in [1.82, 2.24) is 19.5 Å². The Kier molecular flexibility index (Phi) is 4.98. The molecule has 0 bridgehead atoms. The van der Waals surface area contributed by atoms with Crippen molar-refractivity contribution in [2.75, 3.05) is 23.3 Å². The second kappa shape index (κ2) is 7.93. The van der Waals surface area contributed by atoms with Crippen molar-refractivity contribution in [1.29, 1.82) is 0 Å². The summed E-state index contributed by atoms with van der Waals surface area (Å²) in [5, 5.41) is 13.6. The number of aromatic nitrogens is 4. The number of hydrogen-bond acceptors (Lipinski definition) is 6. The first kappa shape index (κ1) is 18.8. The van der Waals surface area contributed by atoms with Gasteiger partial charge >= 0.3 is 5.97 Å². The van der Waals surface area contributed by atoms with E-state index in [-0.39, 0.29) is 11.7 Å². The predicted octanol–water partition coefficient (Wildman–Crippen LogP) is 4.37. The number of piperidine rings is 1. The Morgan fingerprint density at radius 1 is 1.03 bits per heavy atom. The SMILES string of the molecule is O=C(O)c1cc2cnc(Nc3ccc(N4CCCCC4)cn3)nc2n1C1CCCC1. The van der Waals surface area contributed by atoms with E-state index in [2.05, 4.69) is 31.2 Å². The van der Waals surface area contributed by atoms with Crippen molar-refractivity contribution in [2.45, 2.75) is 51.0 Å². The van der Waals surface area contributed by atoms with E-state index in [9.17, 15) is 9.90 Å². The molecule has 0 spiro atoms. The fraction of sp³-hybridized carbons (Fsp3) is 0.455. The zero-order valence-corrected chi connectivity index (χ0v) is 16.9. The van der Waals surface area contributed by atoms with Crippen LogP contribution in [0, 0.1) is 0 Å². The smallest absolute Gasteiger partial charge is 0.352 e. The molecule has 0 unspecified atom stereocenters. The monoisotopic (exact) mass is 406 g/mol. The summed E-state index contributed by atoms with van der Waals surface area (Å²) in [6.07, 6.45) is 11.5. The highest BCUT2D eigenvalue weighted by Crippen LogP contribution is 2.34. The molecule has 0 amide bonds. The Morgan fingerprint density at radius 2 is 1.83 bits per heavy atom. The van der Waals surface area contributed by atoms with Crippen LogP contribution in [0.15, 0.2) is 30.6 Å². The van der Waals surface area contributed by atoms with Crippen molar-refractivity contribution >= 4 is 34.5 Å². The van der Waals surface area contributed by atoms with E-state index in [0.29, 0.717) is 17.4 Å². The van der Waals surface area contributed by atoms with Gasteiger partial charge in [-0.05, 0) is 50.3 Å². The summed E-state index contributed by atoms with van der Waals surface area (Å²) in [5.74, 6) is 0.173. The average Bonchev–Trinajstić information content (AvgIpc) is 3.42. The standard InChI is InChI=1S/C22H26N6O2/c29-21(30)18-12-15-13-24-22(26-20(15)28(18)16-6-2-3-7-16)25-19-9-8-17(14-23-19)27-10-4-1-5-11-27/h8-9,12-14,16H,1-7,10-11H2,(H,29,30)(H,23,24,25,26). The quantitative estimate of drug-likeness (QED) is 0.649. The number of fused-ring (bicyclic) bond motifs is 1. The summed E-state index contributed by atoms with van der Waals surface area (Å²) in [4.78, 5) is 27.7. The van der Waals surface area contributed by atoms with E-state index in [4.69, 9.17) is 0 Å². The minimum absolute atomic E-state index is 0.179. The summed E-state index contributed by atoms with van der Waals surface area (Å²) >= 11 is 0. The Morgan fingerprint density at radius 3 is 2.53 bits per heavy atom. The van der Waals surface area contributed by atoms with Crippen molar-refractivity contribution in [3.05, 3.63) is 36.3 Å². The van der Waals surface area contributed by atoms with Gasteiger partial charge in [0.2, 0.25) is 5.95 Å². The van der Waals surface area contributed by atoms with Crippen molar-refractivity contribution in [3.63, 3.8) is 0 Å². The van der Waals surface area contributed by atoms with Gasteiger partial charge in [-0.25, -0.2) is 14.8 Å². The molecule has 2 N–H and O–H groups in total. The van der Waals surface area contributed by atoms with Gasteiger partial charge < -0.3 is 19.9 Å². The van der Waals surface area contributed by atoms with Crippen LogP contribution >= 0.6 is 0 Å². The van der Waals surface area contributed by atoms with E-state index in [1.807, 2.05) is 16.8 Å². The summed E-state index contributed by atoms with van der Waals surface area (Å²) < 4.78 is 1.88. The number of carbonyl (C=O) groups is 1. The molecule has 5 rings (SSSR count). The number of rotatable bonds is 5. The Labute approximate surface area is 175 Å². The van der Waals surface area contributed by atoms with Crippen LogP contribution in [0.1, 0.15) is 61.5 Å². The van der Waals surface area contributed by atoms with Gasteiger partial charge in [-0.2, -0.15) is 4.98 Å². The van der Waals surface area contributed by atoms with Gasteiger partial charge in [-0.1, -0.05) is 12.8 Å². The first-order chi connectivity index (χ1) is 14.7. The number of carboxylic acids is 1. The van der Waals surface area contributed by atoms with Gasteiger partial charge in [0.05, 0.1) is 11.9 Å². The minimum Gasteiger partial charge on any atom is -0.477 e. The number of nitrogens with one attached hydrogen (secondary N) is 1. The lowest BCUT2D eigenvalue weighted by Gasteiger charge is -2.28. The molecule has 0 radical (unpaired) electrons. The van der Waals surface area contributed by atoms with Crippen LogP contribution in [0.4, 0.5) is 17.5 Å². The lowest BCUT2D eigenvalue weighted by Crippen LogP contribution is -2.29. The molecule has 0 atom stereocenters. The Hall–Kier alpha value is -3.16. The summed E-state index contributed by atoms with van der Waals surface area (Å²) in [6, 6.07) is 5.86. The molecule has 4 heterocycles. The van der Waals surface area contributed by atoms with Gasteiger partial charge in [0.15, 0.2) is 0 Å². The van der Waals surface area contributed by atoms with E-state index >= 15 is 0 Å². The lowest BCUT2D eigenvalue weighted by molar-refractivity contribution is 0.0683. The van der Waals surface area contributed by atoms with Crippen LogP contribution in [0.3, 0.4) is 0 Å². The number of anilines is 3. The number of aromatic carboxylic acids is 1. The van der Waals surface area contributed by atoms with E-state index in [1.54, 1.807) is 12.3 Å². The average molecular weight is 406 g/mol. The molecule has 156 valence electrons. The van der Waals surface area contributed by atoms with Crippen LogP contribution in [-0.4, -0.2) is 43.7 Å². The normalized spacial score (nSPS) is 17.5. The molecule has 8 heteroatoms. The summed E-state index contributed by atoms with van der Waals surface area (Å²) in [7, 11) is 0. The number of carboxylic acid groups (broad SMARTS) is 1. The molecule has 3 aromatic rings. The van der Waals surface area contributed by atoms with Gasteiger partial charge in [0.1, 0.15) is 17.2 Å². The van der Waals surface area contributed by atoms with Crippen LogP contribution in [0.2, 0.25) is 0 Å². The van der Waals surface area contributed by atoms with Gasteiger partial charge in [0.25, 0.3) is 0 Å². The second-order valence-corrected chi connectivity index (χ2v) is 8.19. The molecule has 0 aromatic carbocycles. The van der Waals surface area contributed by atoms with Crippen LogP contribution < -0.4 is 10.2 Å². The minimum atomic E-state index is -0.927. The third kappa shape index (κ3) is 3.58. The largest absolute Gasteiger partial charge is 0.477 e. The van der Waals surface area contributed by atoms with Crippen LogP contribution in [0.5, 0.6) is 0 Å². The molecule has 1 aliphatic heterocycles. The molecule has 1 aliphatic carbocycles. The number of hydrogen-bond donors (Lipinski definition) is 2. The molecule has 2 aliphatic rings. The highest BCUT2D eigenvalue weighted by molar-refractivity contribution is 5.93. The Balaban J connectivity index is 1.42. The first-order valence-electron chi connectivity index (χ1n) is 10.8. The maximum Gasteiger partial charge on any atom is 0.352 e.